The summed E-state index contributed by atoms with van der Waals surface area (Å²) in [6.07, 6.45) is 4.18. The van der Waals surface area contributed by atoms with Crippen LogP contribution in [0.2, 0.25) is 0 Å². The molecular formula is C22H32N4. The molecule has 2 aromatic rings. The van der Waals surface area contributed by atoms with Gasteiger partial charge in [-0.1, -0.05) is 65.3 Å². The van der Waals surface area contributed by atoms with E-state index >= 15 is 0 Å². The lowest BCUT2D eigenvalue weighted by Crippen LogP contribution is -2.11. The number of anilines is 1. The first kappa shape index (κ1) is 20.1. The Morgan fingerprint density at radius 3 is 2.27 bits per heavy atom. The predicted molar refractivity (Wildman–Crippen MR) is 111 cm³/mol. The van der Waals surface area contributed by atoms with Crippen molar-refractivity contribution < 1.29 is 0 Å². The molecule has 0 aliphatic carbocycles. The Hall–Kier alpha value is -2.23. The zero-order chi connectivity index (χ0) is 19.2. The number of hydrogen-bond acceptors (Lipinski definition) is 4. The first-order chi connectivity index (χ1) is 12.3. The van der Waals surface area contributed by atoms with Gasteiger partial charge in [0.25, 0.3) is 0 Å². The molecule has 0 aliphatic heterocycles. The zero-order valence-electron chi connectivity index (χ0n) is 17.1. The van der Waals surface area contributed by atoms with Crippen LogP contribution >= 0.6 is 0 Å². The average molecular weight is 353 g/mol. The van der Waals surface area contributed by atoms with Crippen molar-refractivity contribution in [3.63, 3.8) is 0 Å². The van der Waals surface area contributed by atoms with Crippen LogP contribution in [-0.4, -0.2) is 15.7 Å². The van der Waals surface area contributed by atoms with Crippen molar-refractivity contribution in [2.24, 2.45) is 5.10 Å². The van der Waals surface area contributed by atoms with Gasteiger partial charge in [-0.05, 0) is 48.8 Å². The molecule has 0 fully saturated rings. The van der Waals surface area contributed by atoms with Crippen LogP contribution in [0.4, 0.5) is 5.95 Å². The van der Waals surface area contributed by atoms with E-state index in [1.54, 1.807) is 0 Å². The number of benzene rings is 1. The third-order valence-electron chi connectivity index (χ3n) is 4.47. The summed E-state index contributed by atoms with van der Waals surface area (Å²) in [5, 5.41) is 4.49. The van der Waals surface area contributed by atoms with Crippen LogP contribution in [0.25, 0.3) is 0 Å². The lowest BCUT2D eigenvalue weighted by molar-refractivity contribution is 0.590. The van der Waals surface area contributed by atoms with Gasteiger partial charge in [0.1, 0.15) is 0 Å². The van der Waals surface area contributed by atoms with Gasteiger partial charge in [0.05, 0.1) is 5.71 Å². The van der Waals surface area contributed by atoms with Crippen LogP contribution in [0.5, 0.6) is 0 Å². The summed E-state index contributed by atoms with van der Waals surface area (Å²) in [7, 11) is 0. The van der Waals surface area contributed by atoms with Crippen LogP contribution in [0.1, 0.15) is 76.9 Å². The number of rotatable bonds is 7. The summed E-state index contributed by atoms with van der Waals surface area (Å²) in [4.78, 5) is 9.14. The molecule has 2 rings (SSSR count). The second-order valence-electron chi connectivity index (χ2n) is 7.77. The monoisotopic (exact) mass is 352 g/mol. The number of hydrazone groups is 1. The number of nitrogens with one attached hydrogen (secondary N) is 1. The fraction of sp³-hybridized carbons (Fsp3) is 0.500. The molecule has 0 saturated heterocycles. The van der Waals surface area contributed by atoms with Crippen molar-refractivity contribution in [2.45, 2.75) is 72.6 Å². The van der Waals surface area contributed by atoms with Gasteiger partial charge in [-0.25, -0.2) is 15.4 Å². The normalized spacial score (nSPS) is 12.3. The van der Waals surface area contributed by atoms with Gasteiger partial charge in [-0.2, -0.15) is 5.10 Å². The fourth-order valence-corrected chi connectivity index (χ4v) is 2.68. The highest BCUT2D eigenvalue weighted by molar-refractivity contribution is 5.99. The standard InChI is InChI=1S/C22H32N4/c1-7-9-10-20-15-19(8-2)23-21(24-20)26-25-16(3)17-11-13-18(14-12-17)22(4,5)6/h11-15H,7-10H2,1-6H3,(H,23,24,26). The second kappa shape index (κ2) is 8.93. The maximum absolute atomic E-state index is 4.60. The summed E-state index contributed by atoms with van der Waals surface area (Å²) in [5.74, 6) is 0.584. The summed E-state index contributed by atoms with van der Waals surface area (Å²) in [5.41, 5.74) is 8.68. The predicted octanol–water partition coefficient (Wildman–Crippen LogP) is 5.52. The molecule has 0 amide bonds. The number of aromatic nitrogens is 2. The van der Waals surface area contributed by atoms with Crippen molar-refractivity contribution >= 4 is 11.7 Å². The molecular weight excluding hydrogens is 320 g/mol. The van der Waals surface area contributed by atoms with E-state index in [0.717, 1.165) is 48.3 Å². The first-order valence-electron chi connectivity index (χ1n) is 9.61. The Morgan fingerprint density at radius 2 is 1.69 bits per heavy atom. The highest BCUT2D eigenvalue weighted by atomic mass is 15.4. The maximum Gasteiger partial charge on any atom is 0.243 e. The number of nitrogens with zero attached hydrogens (tertiary/aromatic N) is 3. The Balaban J connectivity index is 2.15. The highest BCUT2D eigenvalue weighted by Gasteiger charge is 2.13. The minimum atomic E-state index is 0.158. The van der Waals surface area contributed by atoms with Gasteiger partial charge in [0, 0.05) is 11.4 Å². The van der Waals surface area contributed by atoms with E-state index in [1.807, 2.05) is 6.92 Å². The van der Waals surface area contributed by atoms with E-state index < -0.39 is 0 Å². The smallest absolute Gasteiger partial charge is 0.243 e. The summed E-state index contributed by atoms with van der Waals surface area (Å²) < 4.78 is 0. The molecule has 0 spiro atoms. The fourth-order valence-electron chi connectivity index (χ4n) is 2.68. The minimum Gasteiger partial charge on any atom is -0.245 e. The van der Waals surface area contributed by atoms with Crippen LogP contribution in [0.15, 0.2) is 35.4 Å². The molecule has 0 bridgehead atoms. The van der Waals surface area contributed by atoms with Crippen LogP contribution in [0, 0.1) is 0 Å². The van der Waals surface area contributed by atoms with Crippen molar-refractivity contribution in [1.29, 1.82) is 0 Å². The molecule has 140 valence electrons. The van der Waals surface area contributed by atoms with Crippen molar-refractivity contribution in [2.75, 3.05) is 5.43 Å². The number of hydrogen-bond donors (Lipinski definition) is 1. The summed E-state index contributed by atoms with van der Waals surface area (Å²) in [6, 6.07) is 10.7. The van der Waals surface area contributed by atoms with Crippen LogP contribution in [0.3, 0.4) is 0 Å². The third kappa shape index (κ3) is 5.65. The lowest BCUT2D eigenvalue weighted by atomic mass is 9.86. The molecule has 0 saturated carbocycles. The Kier molecular flexibility index (Phi) is 6.90. The molecule has 1 N–H and O–H groups in total. The highest BCUT2D eigenvalue weighted by Crippen LogP contribution is 2.22. The van der Waals surface area contributed by atoms with Gasteiger partial charge in [0.2, 0.25) is 5.95 Å². The van der Waals surface area contributed by atoms with Crippen molar-refractivity contribution in [1.82, 2.24) is 9.97 Å². The second-order valence-corrected chi connectivity index (χ2v) is 7.77. The summed E-state index contributed by atoms with van der Waals surface area (Å²) in [6.45, 7) is 13.0. The molecule has 0 radical (unpaired) electrons. The van der Waals surface area contributed by atoms with Gasteiger partial charge in [0.15, 0.2) is 0 Å². The SMILES string of the molecule is CCCCc1cc(CC)nc(NN=C(C)c2ccc(C(C)(C)C)cc2)n1. The molecule has 0 atom stereocenters. The maximum atomic E-state index is 4.60. The Morgan fingerprint density at radius 1 is 1.04 bits per heavy atom. The average Bonchev–Trinajstić information content (AvgIpc) is 2.63. The third-order valence-corrected chi connectivity index (χ3v) is 4.47. The van der Waals surface area contributed by atoms with Crippen molar-refractivity contribution in [3.8, 4) is 0 Å². The molecule has 1 aromatic heterocycles. The Bertz CT molecular complexity index is 740. The van der Waals surface area contributed by atoms with E-state index in [4.69, 9.17) is 0 Å². The molecule has 0 unspecified atom stereocenters. The largest absolute Gasteiger partial charge is 0.245 e. The van der Waals surface area contributed by atoms with Gasteiger partial charge >= 0.3 is 0 Å². The van der Waals surface area contributed by atoms with E-state index in [-0.39, 0.29) is 5.41 Å². The topological polar surface area (TPSA) is 50.2 Å². The molecule has 1 heterocycles. The minimum absolute atomic E-state index is 0.158. The van der Waals surface area contributed by atoms with E-state index in [1.165, 1.54) is 5.56 Å². The molecule has 26 heavy (non-hydrogen) atoms. The molecule has 4 heteroatoms. The van der Waals surface area contributed by atoms with E-state index in [9.17, 15) is 0 Å². The van der Waals surface area contributed by atoms with Gasteiger partial charge in [-0.15, -0.1) is 0 Å². The quantitative estimate of drug-likeness (QED) is 0.527. The van der Waals surface area contributed by atoms with E-state index in [0.29, 0.717) is 5.95 Å². The molecule has 1 aromatic carbocycles. The number of unbranched alkanes of at least 4 members (excludes halogenated alkanes) is 1. The van der Waals surface area contributed by atoms with Gasteiger partial charge < -0.3 is 0 Å². The first-order valence-corrected chi connectivity index (χ1v) is 9.61. The Labute approximate surface area is 158 Å². The lowest BCUT2D eigenvalue weighted by Gasteiger charge is -2.19. The van der Waals surface area contributed by atoms with E-state index in [2.05, 4.69) is 85.4 Å². The molecule has 0 aliphatic rings. The molecule has 4 nitrogen and oxygen atoms in total. The summed E-state index contributed by atoms with van der Waals surface area (Å²) >= 11 is 0. The zero-order valence-corrected chi connectivity index (χ0v) is 17.1. The van der Waals surface area contributed by atoms with Crippen molar-refractivity contribution in [3.05, 3.63) is 52.8 Å². The number of aryl methyl sites for hydroxylation is 2. The van der Waals surface area contributed by atoms with Gasteiger partial charge in [-0.3, -0.25) is 0 Å². The van der Waals surface area contributed by atoms with Crippen LogP contribution in [-0.2, 0) is 18.3 Å². The van der Waals surface area contributed by atoms with Crippen LogP contribution < -0.4 is 5.43 Å².